The molecule has 0 saturated heterocycles. The van der Waals surface area contributed by atoms with Crippen molar-refractivity contribution in [2.45, 2.75) is 27.2 Å². The van der Waals surface area contributed by atoms with Crippen LogP contribution < -0.4 is 0 Å². The molecular weight excluding hydrogens is 150 g/mol. The number of ketones is 1. The van der Waals surface area contributed by atoms with Gasteiger partial charge in [-0.2, -0.15) is 0 Å². The highest BCUT2D eigenvalue weighted by Crippen LogP contribution is 2.09. The van der Waals surface area contributed by atoms with Gasteiger partial charge in [-0.15, -0.1) is 0 Å². The van der Waals surface area contributed by atoms with Crippen molar-refractivity contribution >= 4 is 5.78 Å². The van der Waals surface area contributed by atoms with E-state index < -0.39 is 0 Å². The maximum absolute atomic E-state index is 11.5. The minimum Gasteiger partial charge on any atom is -0.383 e. The fourth-order valence-corrected chi connectivity index (χ4v) is 1.01. The standard InChI is InChI=1S/C10H19NO/c1-6-9(7-11(4)5)10(12)8(2)3/h7-8H,6H2,1-5H3. The van der Waals surface area contributed by atoms with Crippen LogP contribution >= 0.6 is 0 Å². The van der Waals surface area contributed by atoms with Gasteiger partial charge in [-0.05, 0) is 6.42 Å². The Morgan fingerprint density at radius 3 is 2.17 bits per heavy atom. The van der Waals surface area contributed by atoms with E-state index in [0.717, 1.165) is 12.0 Å². The normalized spacial score (nSPS) is 12.0. The fourth-order valence-electron chi connectivity index (χ4n) is 1.01. The highest BCUT2D eigenvalue weighted by atomic mass is 16.1. The molecule has 0 N–H and O–H groups in total. The number of allylic oxidation sites excluding steroid dienone is 1. The summed E-state index contributed by atoms with van der Waals surface area (Å²) in [5.41, 5.74) is 0.912. The van der Waals surface area contributed by atoms with E-state index >= 15 is 0 Å². The first-order chi connectivity index (χ1) is 5.49. The molecule has 0 unspecified atom stereocenters. The van der Waals surface area contributed by atoms with Gasteiger partial charge in [0.1, 0.15) is 0 Å². The SMILES string of the molecule is CCC(=CN(C)C)C(=O)C(C)C. The van der Waals surface area contributed by atoms with Crippen molar-refractivity contribution in [3.05, 3.63) is 11.8 Å². The van der Waals surface area contributed by atoms with Crippen LogP contribution in [0.3, 0.4) is 0 Å². The quantitative estimate of drug-likeness (QED) is 0.600. The molecule has 0 fully saturated rings. The topological polar surface area (TPSA) is 20.3 Å². The Kier molecular flexibility index (Phi) is 4.64. The van der Waals surface area contributed by atoms with Crippen molar-refractivity contribution < 1.29 is 4.79 Å². The molecule has 70 valence electrons. The molecule has 0 saturated carbocycles. The monoisotopic (exact) mass is 169 g/mol. The Bertz CT molecular complexity index is 180. The second kappa shape index (κ2) is 4.96. The van der Waals surface area contributed by atoms with E-state index in [0.29, 0.717) is 0 Å². The first kappa shape index (κ1) is 11.2. The summed E-state index contributed by atoms with van der Waals surface area (Å²) in [6, 6.07) is 0. The number of hydrogen-bond donors (Lipinski definition) is 0. The first-order valence-electron chi connectivity index (χ1n) is 4.40. The second-order valence-corrected chi connectivity index (χ2v) is 3.49. The third kappa shape index (κ3) is 3.56. The fraction of sp³-hybridized carbons (Fsp3) is 0.700. The van der Waals surface area contributed by atoms with E-state index in [1.54, 1.807) is 0 Å². The molecular formula is C10H19NO. The number of hydrogen-bond acceptors (Lipinski definition) is 2. The molecule has 0 aliphatic heterocycles. The molecule has 0 radical (unpaired) electrons. The lowest BCUT2D eigenvalue weighted by atomic mass is 10.00. The molecule has 0 rings (SSSR count). The molecule has 0 bridgehead atoms. The molecule has 2 nitrogen and oxygen atoms in total. The van der Waals surface area contributed by atoms with Crippen molar-refractivity contribution in [1.82, 2.24) is 4.90 Å². The number of Topliss-reactive ketones (excluding diaryl/α,β-unsaturated/α-hetero) is 1. The van der Waals surface area contributed by atoms with Crippen molar-refractivity contribution in [2.75, 3.05) is 14.1 Å². The second-order valence-electron chi connectivity index (χ2n) is 3.49. The molecule has 0 heterocycles. The van der Waals surface area contributed by atoms with Gasteiger partial charge in [-0.1, -0.05) is 20.8 Å². The van der Waals surface area contributed by atoms with Crippen LogP contribution in [0.4, 0.5) is 0 Å². The molecule has 0 amide bonds. The van der Waals surface area contributed by atoms with Crippen molar-refractivity contribution in [1.29, 1.82) is 0 Å². The number of carbonyl (C=O) groups is 1. The van der Waals surface area contributed by atoms with Crippen LogP contribution in [0.25, 0.3) is 0 Å². The highest BCUT2D eigenvalue weighted by molar-refractivity contribution is 5.96. The van der Waals surface area contributed by atoms with E-state index in [-0.39, 0.29) is 11.7 Å². The summed E-state index contributed by atoms with van der Waals surface area (Å²) >= 11 is 0. The lowest BCUT2D eigenvalue weighted by molar-refractivity contribution is -0.118. The number of carbonyl (C=O) groups excluding carboxylic acids is 1. The Hall–Kier alpha value is -0.790. The Labute approximate surface area is 75.3 Å². The molecule has 12 heavy (non-hydrogen) atoms. The molecule has 0 aromatic carbocycles. The molecule has 0 aromatic heterocycles. The third-order valence-corrected chi connectivity index (χ3v) is 1.64. The smallest absolute Gasteiger partial charge is 0.162 e. The zero-order valence-electron chi connectivity index (χ0n) is 8.72. The minimum atomic E-state index is 0.108. The predicted octanol–water partition coefficient (Wildman–Crippen LogP) is 2.07. The maximum Gasteiger partial charge on any atom is 0.162 e. The van der Waals surface area contributed by atoms with E-state index in [4.69, 9.17) is 0 Å². The Morgan fingerprint density at radius 2 is 1.92 bits per heavy atom. The predicted molar refractivity (Wildman–Crippen MR) is 51.9 cm³/mol. The van der Waals surface area contributed by atoms with Gasteiger partial charge in [0.05, 0.1) is 0 Å². The molecule has 0 atom stereocenters. The van der Waals surface area contributed by atoms with Crippen molar-refractivity contribution in [2.24, 2.45) is 5.92 Å². The van der Waals surface area contributed by atoms with E-state index in [1.165, 1.54) is 0 Å². The van der Waals surface area contributed by atoms with E-state index in [2.05, 4.69) is 0 Å². The van der Waals surface area contributed by atoms with Crippen LogP contribution in [0.15, 0.2) is 11.8 Å². The lowest BCUT2D eigenvalue weighted by Crippen LogP contribution is -2.13. The highest BCUT2D eigenvalue weighted by Gasteiger charge is 2.11. The molecule has 2 heteroatoms. The summed E-state index contributed by atoms with van der Waals surface area (Å²) < 4.78 is 0. The molecule has 0 aliphatic rings. The van der Waals surface area contributed by atoms with Gasteiger partial charge in [0.25, 0.3) is 0 Å². The zero-order chi connectivity index (χ0) is 9.72. The summed E-state index contributed by atoms with van der Waals surface area (Å²) in [6.07, 6.45) is 2.72. The first-order valence-corrected chi connectivity index (χ1v) is 4.40. The maximum atomic E-state index is 11.5. The van der Waals surface area contributed by atoms with Crippen molar-refractivity contribution in [3.8, 4) is 0 Å². The molecule has 0 aliphatic carbocycles. The Balaban J connectivity index is 4.45. The lowest BCUT2D eigenvalue weighted by Gasteiger charge is -2.11. The van der Waals surface area contributed by atoms with Gasteiger partial charge in [0.15, 0.2) is 5.78 Å². The van der Waals surface area contributed by atoms with E-state index in [9.17, 15) is 4.79 Å². The summed E-state index contributed by atoms with van der Waals surface area (Å²) in [7, 11) is 3.87. The minimum absolute atomic E-state index is 0.108. The van der Waals surface area contributed by atoms with Crippen LogP contribution in [0.5, 0.6) is 0 Å². The zero-order valence-corrected chi connectivity index (χ0v) is 8.72. The van der Waals surface area contributed by atoms with Gasteiger partial charge in [-0.25, -0.2) is 0 Å². The van der Waals surface area contributed by atoms with Crippen LogP contribution in [0, 0.1) is 5.92 Å². The summed E-state index contributed by atoms with van der Waals surface area (Å²) in [6.45, 7) is 5.87. The Morgan fingerprint density at radius 1 is 1.42 bits per heavy atom. The van der Waals surface area contributed by atoms with Crippen LogP contribution in [-0.4, -0.2) is 24.8 Å². The summed E-state index contributed by atoms with van der Waals surface area (Å²) in [5, 5.41) is 0. The van der Waals surface area contributed by atoms with Crippen molar-refractivity contribution in [3.63, 3.8) is 0 Å². The number of nitrogens with zero attached hydrogens (tertiary/aromatic N) is 1. The number of rotatable bonds is 4. The average Bonchev–Trinajstić information content (AvgIpc) is 1.98. The van der Waals surface area contributed by atoms with Gasteiger partial charge < -0.3 is 4.90 Å². The van der Waals surface area contributed by atoms with E-state index in [1.807, 2.05) is 46.0 Å². The third-order valence-electron chi connectivity index (χ3n) is 1.64. The van der Waals surface area contributed by atoms with Gasteiger partial charge in [0, 0.05) is 31.8 Å². The van der Waals surface area contributed by atoms with Crippen LogP contribution in [-0.2, 0) is 4.79 Å². The average molecular weight is 169 g/mol. The summed E-state index contributed by atoms with van der Waals surface area (Å²) in [4.78, 5) is 13.4. The van der Waals surface area contributed by atoms with Crippen LogP contribution in [0.1, 0.15) is 27.2 Å². The largest absolute Gasteiger partial charge is 0.383 e. The van der Waals surface area contributed by atoms with Gasteiger partial charge in [0.2, 0.25) is 0 Å². The summed E-state index contributed by atoms with van der Waals surface area (Å²) in [5.74, 6) is 0.363. The molecule has 0 spiro atoms. The van der Waals surface area contributed by atoms with Gasteiger partial charge >= 0.3 is 0 Å². The van der Waals surface area contributed by atoms with Crippen LogP contribution in [0.2, 0.25) is 0 Å². The molecule has 0 aromatic rings. The van der Waals surface area contributed by atoms with Gasteiger partial charge in [-0.3, -0.25) is 4.79 Å².